The van der Waals surface area contributed by atoms with Crippen LogP contribution < -0.4 is 14.8 Å². The summed E-state index contributed by atoms with van der Waals surface area (Å²) in [5.74, 6) is 0.558. The zero-order valence-electron chi connectivity index (χ0n) is 15.9. The lowest BCUT2D eigenvalue weighted by Gasteiger charge is -2.12. The van der Waals surface area contributed by atoms with Crippen LogP contribution in [-0.2, 0) is 16.4 Å². The molecule has 0 radical (unpaired) electrons. The number of rotatable bonds is 9. The van der Waals surface area contributed by atoms with E-state index in [0.717, 1.165) is 11.3 Å². The third kappa shape index (κ3) is 6.08. The van der Waals surface area contributed by atoms with E-state index in [1.807, 2.05) is 38.1 Å². The minimum atomic E-state index is -3.56. The fraction of sp³-hybridized carbons (Fsp3) is 0.350. The summed E-state index contributed by atoms with van der Waals surface area (Å²) in [6.45, 7) is 4.20. The summed E-state index contributed by atoms with van der Waals surface area (Å²) in [5.41, 5.74) is 1.51. The molecular weight excluding hydrogens is 364 g/mol. The number of hydrogen-bond acceptors (Lipinski definition) is 4. The van der Waals surface area contributed by atoms with Gasteiger partial charge in [0.05, 0.1) is 12.0 Å². The van der Waals surface area contributed by atoms with Gasteiger partial charge >= 0.3 is 0 Å². The second kappa shape index (κ2) is 9.53. The molecule has 6 nitrogen and oxygen atoms in total. The molecule has 0 saturated carbocycles. The third-order valence-electron chi connectivity index (χ3n) is 4.25. The highest BCUT2D eigenvalue weighted by atomic mass is 32.2. The van der Waals surface area contributed by atoms with Crippen LogP contribution in [0, 0.1) is 0 Å². The number of sulfonamides is 1. The van der Waals surface area contributed by atoms with E-state index in [1.54, 1.807) is 7.11 Å². The van der Waals surface area contributed by atoms with Gasteiger partial charge in [0, 0.05) is 18.2 Å². The maximum Gasteiger partial charge on any atom is 0.251 e. The van der Waals surface area contributed by atoms with Crippen molar-refractivity contribution in [1.82, 2.24) is 10.0 Å². The molecule has 0 bridgehead atoms. The SMILES string of the molecule is CCC(C)NS(=O)(=O)c1ccc(C(=O)NCCc2ccc(OC)cc2)cc1. The van der Waals surface area contributed by atoms with Gasteiger partial charge in [0.25, 0.3) is 5.91 Å². The van der Waals surface area contributed by atoms with Gasteiger partial charge in [0.2, 0.25) is 10.0 Å². The molecule has 0 saturated heterocycles. The van der Waals surface area contributed by atoms with Crippen LogP contribution in [0.2, 0.25) is 0 Å². The molecule has 0 spiro atoms. The van der Waals surface area contributed by atoms with Crippen LogP contribution in [0.4, 0.5) is 0 Å². The van der Waals surface area contributed by atoms with Gasteiger partial charge in [-0.1, -0.05) is 19.1 Å². The molecule has 0 aliphatic carbocycles. The first kappa shape index (κ1) is 20.9. The van der Waals surface area contributed by atoms with E-state index in [1.165, 1.54) is 24.3 Å². The Bertz CT molecular complexity index is 847. The van der Waals surface area contributed by atoms with Crippen LogP contribution in [0.3, 0.4) is 0 Å². The Balaban J connectivity index is 1.91. The maximum absolute atomic E-state index is 12.2. The molecule has 2 aromatic rings. The van der Waals surface area contributed by atoms with Crippen molar-refractivity contribution < 1.29 is 17.9 Å². The van der Waals surface area contributed by atoms with Gasteiger partial charge in [0.15, 0.2) is 0 Å². The minimum Gasteiger partial charge on any atom is -0.497 e. The maximum atomic E-state index is 12.2. The van der Waals surface area contributed by atoms with E-state index in [4.69, 9.17) is 4.74 Å². The number of carbonyl (C=O) groups excluding carboxylic acids is 1. The van der Waals surface area contributed by atoms with Crippen molar-refractivity contribution in [2.24, 2.45) is 0 Å². The molecule has 27 heavy (non-hydrogen) atoms. The number of amides is 1. The molecule has 2 rings (SSSR count). The number of hydrogen-bond donors (Lipinski definition) is 2. The van der Waals surface area contributed by atoms with E-state index in [-0.39, 0.29) is 16.8 Å². The number of ether oxygens (including phenoxy) is 1. The third-order valence-corrected chi connectivity index (χ3v) is 5.86. The van der Waals surface area contributed by atoms with Crippen molar-refractivity contribution in [2.45, 2.75) is 37.6 Å². The largest absolute Gasteiger partial charge is 0.497 e. The van der Waals surface area contributed by atoms with Gasteiger partial charge in [-0.25, -0.2) is 13.1 Å². The zero-order valence-corrected chi connectivity index (χ0v) is 16.7. The Morgan fingerprint density at radius 2 is 1.70 bits per heavy atom. The van der Waals surface area contributed by atoms with E-state index < -0.39 is 10.0 Å². The van der Waals surface area contributed by atoms with Gasteiger partial charge < -0.3 is 10.1 Å². The van der Waals surface area contributed by atoms with Crippen molar-refractivity contribution >= 4 is 15.9 Å². The average molecular weight is 391 g/mol. The Morgan fingerprint density at radius 1 is 1.07 bits per heavy atom. The molecule has 0 aromatic heterocycles. The molecule has 0 aliphatic rings. The highest BCUT2D eigenvalue weighted by molar-refractivity contribution is 7.89. The summed E-state index contributed by atoms with van der Waals surface area (Å²) < 4.78 is 32.2. The van der Waals surface area contributed by atoms with Crippen LogP contribution in [0.1, 0.15) is 36.2 Å². The van der Waals surface area contributed by atoms with E-state index in [9.17, 15) is 13.2 Å². The Kier molecular flexibility index (Phi) is 7.38. The van der Waals surface area contributed by atoms with Crippen molar-refractivity contribution in [2.75, 3.05) is 13.7 Å². The van der Waals surface area contributed by atoms with Crippen LogP contribution in [0.25, 0.3) is 0 Å². The summed E-state index contributed by atoms with van der Waals surface area (Å²) in [5, 5.41) is 2.84. The van der Waals surface area contributed by atoms with Gasteiger partial charge in [0.1, 0.15) is 5.75 Å². The number of carbonyl (C=O) groups is 1. The van der Waals surface area contributed by atoms with E-state index in [2.05, 4.69) is 10.0 Å². The quantitative estimate of drug-likeness (QED) is 0.689. The predicted molar refractivity (Wildman–Crippen MR) is 106 cm³/mol. The first-order valence-corrected chi connectivity index (χ1v) is 10.4. The van der Waals surface area contributed by atoms with Crippen molar-refractivity contribution in [3.63, 3.8) is 0 Å². The van der Waals surface area contributed by atoms with Crippen LogP contribution in [0.5, 0.6) is 5.75 Å². The van der Waals surface area contributed by atoms with E-state index >= 15 is 0 Å². The first-order valence-electron chi connectivity index (χ1n) is 8.89. The Hall–Kier alpha value is -2.38. The van der Waals surface area contributed by atoms with Gasteiger partial charge in [-0.05, 0) is 61.7 Å². The minimum absolute atomic E-state index is 0.143. The summed E-state index contributed by atoms with van der Waals surface area (Å²) in [4.78, 5) is 12.4. The normalized spacial score (nSPS) is 12.4. The monoisotopic (exact) mass is 390 g/mol. The van der Waals surface area contributed by atoms with Crippen LogP contribution in [0.15, 0.2) is 53.4 Å². The van der Waals surface area contributed by atoms with Crippen LogP contribution in [-0.4, -0.2) is 34.0 Å². The highest BCUT2D eigenvalue weighted by Crippen LogP contribution is 2.13. The molecule has 1 atom stereocenters. The average Bonchev–Trinajstić information content (AvgIpc) is 2.68. The molecule has 2 N–H and O–H groups in total. The lowest BCUT2D eigenvalue weighted by atomic mass is 10.1. The standard InChI is InChI=1S/C20H26N2O4S/c1-4-15(2)22-27(24,25)19-11-7-17(8-12-19)20(23)21-14-13-16-5-9-18(26-3)10-6-16/h5-12,15,22H,4,13-14H2,1-3H3,(H,21,23). The van der Waals surface area contributed by atoms with Crippen LogP contribution >= 0.6 is 0 Å². The second-order valence-electron chi connectivity index (χ2n) is 6.31. The Labute approximate surface area is 161 Å². The van der Waals surface area contributed by atoms with Crippen molar-refractivity contribution in [3.05, 3.63) is 59.7 Å². The lowest BCUT2D eigenvalue weighted by molar-refractivity contribution is 0.0954. The van der Waals surface area contributed by atoms with Gasteiger partial charge in [-0.3, -0.25) is 4.79 Å². The zero-order chi connectivity index (χ0) is 19.9. The molecule has 0 fully saturated rings. The molecule has 0 aliphatic heterocycles. The number of methoxy groups -OCH3 is 1. The summed E-state index contributed by atoms with van der Waals surface area (Å²) >= 11 is 0. The summed E-state index contributed by atoms with van der Waals surface area (Å²) in [7, 11) is -1.95. The van der Waals surface area contributed by atoms with E-state index in [0.29, 0.717) is 24.9 Å². The molecule has 1 unspecified atom stereocenters. The number of nitrogens with one attached hydrogen (secondary N) is 2. The highest BCUT2D eigenvalue weighted by Gasteiger charge is 2.17. The lowest BCUT2D eigenvalue weighted by Crippen LogP contribution is -2.32. The van der Waals surface area contributed by atoms with Gasteiger partial charge in [-0.15, -0.1) is 0 Å². The molecule has 7 heteroatoms. The second-order valence-corrected chi connectivity index (χ2v) is 8.02. The molecule has 2 aromatic carbocycles. The smallest absolute Gasteiger partial charge is 0.251 e. The van der Waals surface area contributed by atoms with Gasteiger partial charge in [-0.2, -0.15) is 0 Å². The topological polar surface area (TPSA) is 84.5 Å². The molecular formula is C20H26N2O4S. The predicted octanol–water partition coefficient (Wildman–Crippen LogP) is 2.74. The fourth-order valence-corrected chi connectivity index (χ4v) is 3.74. The molecule has 146 valence electrons. The summed E-state index contributed by atoms with van der Waals surface area (Å²) in [6.07, 6.45) is 1.40. The first-order chi connectivity index (χ1) is 12.9. The Morgan fingerprint density at radius 3 is 2.26 bits per heavy atom. The molecule has 1 amide bonds. The number of benzene rings is 2. The summed E-state index contributed by atoms with van der Waals surface area (Å²) in [6, 6.07) is 13.5. The van der Waals surface area contributed by atoms with Crippen molar-refractivity contribution in [1.29, 1.82) is 0 Å². The molecule has 0 heterocycles. The fourth-order valence-electron chi connectivity index (χ4n) is 2.42. The van der Waals surface area contributed by atoms with Crippen molar-refractivity contribution in [3.8, 4) is 5.75 Å².